The molecule has 0 radical (unpaired) electrons. The summed E-state index contributed by atoms with van der Waals surface area (Å²) in [6, 6.07) is 6.79. The Kier molecular flexibility index (Phi) is 2.32. The Morgan fingerprint density at radius 2 is 2.18 bits per heavy atom. The molecule has 1 aromatic rings. The molecule has 0 aromatic heterocycles. The molecule has 11 heavy (non-hydrogen) atoms. The predicted molar refractivity (Wildman–Crippen MR) is 44.0 cm³/mol. The SMILES string of the molecule is N#Cc1cc(Cl)cc(NN)c1. The summed E-state index contributed by atoms with van der Waals surface area (Å²) in [5.74, 6) is 5.12. The topological polar surface area (TPSA) is 61.8 Å². The van der Waals surface area contributed by atoms with Crippen molar-refractivity contribution in [3.63, 3.8) is 0 Å². The Morgan fingerprint density at radius 3 is 2.73 bits per heavy atom. The second kappa shape index (κ2) is 3.24. The number of nitrogens with one attached hydrogen (secondary N) is 1. The summed E-state index contributed by atoms with van der Waals surface area (Å²) in [5, 5.41) is 9.00. The van der Waals surface area contributed by atoms with Gasteiger partial charge in [0.1, 0.15) is 0 Å². The van der Waals surface area contributed by atoms with Crippen molar-refractivity contribution in [1.82, 2.24) is 0 Å². The Hall–Kier alpha value is -1.24. The maximum atomic E-state index is 8.50. The molecule has 56 valence electrons. The van der Waals surface area contributed by atoms with Gasteiger partial charge in [0.25, 0.3) is 0 Å². The first-order chi connectivity index (χ1) is 5.26. The highest BCUT2D eigenvalue weighted by Gasteiger charge is 1.96. The van der Waals surface area contributed by atoms with E-state index in [0.29, 0.717) is 16.3 Å². The highest BCUT2D eigenvalue weighted by Crippen LogP contribution is 2.17. The van der Waals surface area contributed by atoms with Gasteiger partial charge in [-0.05, 0) is 18.2 Å². The van der Waals surface area contributed by atoms with Gasteiger partial charge in [-0.3, -0.25) is 5.84 Å². The van der Waals surface area contributed by atoms with Crippen molar-refractivity contribution in [2.24, 2.45) is 5.84 Å². The molecule has 0 saturated carbocycles. The number of hydrogen-bond donors (Lipinski definition) is 2. The van der Waals surface area contributed by atoms with Crippen LogP contribution in [0.3, 0.4) is 0 Å². The van der Waals surface area contributed by atoms with Crippen LogP contribution in [0.5, 0.6) is 0 Å². The largest absolute Gasteiger partial charge is 0.324 e. The molecule has 0 aliphatic carbocycles. The fraction of sp³-hybridized carbons (Fsp3) is 0. The van der Waals surface area contributed by atoms with Crippen molar-refractivity contribution >= 4 is 17.3 Å². The van der Waals surface area contributed by atoms with Crippen LogP contribution in [0.25, 0.3) is 0 Å². The minimum absolute atomic E-state index is 0.491. The first-order valence-electron chi connectivity index (χ1n) is 2.93. The Balaban J connectivity index is 3.15. The molecule has 1 rings (SSSR count). The molecular weight excluding hydrogens is 162 g/mol. The van der Waals surface area contributed by atoms with Crippen LogP contribution >= 0.6 is 11.6 Å². The van der Waals surface area contributed by atoms with E-state index >= 15 is 0 Å². The molecule has 0 aliphatic heterocycles. The monoisotopic (exact) mass is 167 g/mol. The molecule has 0 fully saturated rings. The molecule has 4 heteroatoms. The van der Waals surface area contributed by atoms with Gasteiger partial charge in [0, 0.05) is 5.02 Å². The second-order valence-corrected chi connectivity index (χ2v) is 2.42. The molecule has 0 aliphatic rings. The van der Waals surface area contributed by atoms with E-state index in [0.717, 1.165) is 0 Å². The van der Waals surface area contributed by atoms with E-state index in [1.807, 2.05) is 6.07 Å². The van der Waals surface area contributed by atoms with Crippen LogP contribution in [-0.4, -0.2) is 0 Å². The minimum Gasteiger partial charge on any atom is -0.324 e. The number of rotatable bonds is 1. The number of nitrogens with zero attached hydrogens (tertiary/aromatic N) is 1. The van der Waals surface area contributed by atoms with Gasteiger partial charge >= 0.3 is 0 Å². The summed E-state index contributed by atoms with van der Waals surface area (Å²) < 4.78 is 0. The molecule has 0 spiro atoms. The van der Waals surface area contributed by atoms with Gasteiger partial charge in [-0.2, -0.15) is 5.26 Å². The third kappa shape index (κ3) is 1.84. The van der Waals surface area contributed by atoms with E-state index in [9.17, 15) is 0 Å². The van der Waals surface area contributed by atoms with Gasteiger partial charge in [0.2, 0.25) is 0 Å². The molecule has 3 N–H and O–H groups in total. The number of nitrogens with two attached hydrogens (primary N) is 1. The molecule has 0 amide bonds. The first-order valence-corrected chi connectivity index (χ1v) is 3.31. The second-order valence-electron chi connectivity index (χ2n) is 1.98. The molecule has 0 heterocycles. The number of halogens is 1. The lowest BCUT2D eigenvalue weighted by Crippen LogP contribution is -2.06. The quantitative estimate of drug-likeness (QED) is 0.492. The van der Waals surface area contributed by atoms with Crippen LogP contribution in [0.2, 0.25) is 5.02 Å². The van der Waals surface area contributed by atoms with Gasteiger partial charge in [0.05, 0.1) is 17.3 Å². The van der Waals surface area contributed by atoms with Crippen molar-refractivity contribution in [3.8, 4) is 6.07 Å². The van der Waals surface area contributed by atoms with E-state index in [-0.39, 0.29) is 0 Å². The molecule has 0 atom stereocenters. The molecule has 0 saturated heterocycles. The number of anilines is 1. The van der Waals surface area contributed by atoms with E-state index in [4.69, 9.17) is 22.7 Å². The summed E-state index contributed by atoms with van der Waals surface area (Å²) in [4.78, 5) is 0. The number of nitrogen functional groups attached to an aromatic ring is 1. The lowest BCUT2D eigenvalue weighted by atomic mass is 10.2. The fourth-order valence-corrected chi connectivity index (χ4v) is 0.973. The van der Waals surface area contributed by atoms with Crippen LogP contribution in [-0.2, 0) is 0 Å². The zero-order valence-corrected chi connectivity index (χ0v) is 6.39. The summed E-state index contributed by atoms with van der Waals surface area (Å²) in [5.41, 5.74) is 3.53. The van der Waals surface area contributed by atoms with Crippen molar-refractivity contribution in [2.45, 2.75) is 0 Å². The standard InChI is InChI=1S/C7H6ClN3/c8-6-1-5(4-9)2-7(3-6)11-10/h1-3,11H,10H2. The highest BCUT2D eigenvalue weighted by atomic mass is 35.5. The highest BCUT2D eigenvalue weighted by molar-refractivity contribution is 6.31. The van der Waals surface area contributed by atoms with Gasteiger partial charge in [-0.25, -0.2) is 0 Å². The summed E-state index contributed by atoms with van der Waals surface area (Å²) in [6.45, 7) is 0. The summed E-state index contributed by atoms with van der Waals surface area (Å²) >= 11 is 5.66. The Labute approximate surface area is 69.4 Å². The summed E-state index contributed by atoms with van der Waals surface area (Å²) in [7, 11) is 0. The van der Waals surface area contributed by atoms with Crippen LogP contribution < -0.4 is 11.3 Å². The van der Waals surface area contributed by atoms with Crippen molar-refractivity contribution < 1.29 is 0 Å². The molecule has 3 nitrogen and oxygen atoms in total. The zero-order chi connectivity index (χ0) is 8.27. The maximum Gasteiger partial charge on any atom is 0.0992 e. The van der Waals surface area contributed by atoms with Crippen LogP contribution in [0.4, 0.5) is 5.69 Å². The zero-order valence-electron chi connectivity index (χ0n) is 5.63. The Morgan fingerprint density at radius 1 is 1.45 bits per heavy atom. The van der Waals surface area contributed by atoms with Crippen molar-refractivity contribution in [3.05, 3.63) is 28.8 Å². The van der Waals surface area contributed by atoms with E-state index in [2.05, 4.69) is 5.43 Å². The number of hydrogen-bond acceptors (Lipinski definition) is 3. The predicted octanol–water partition coefficient (Wildman–Crippen LogP) is 1.50. The average Bonchev–Trinajstić information content (AvgIpc) is 2.03. The third-order valence-electron chi connectivity index (χ3n) is 1.19. The lowest BCUT2D eigenvalue weighted by Gasteiger charge is -1.99. The Bertz CT molecular complexity index is 303. The van der Waals surface area contributed by atoms with Gasteiger partial charge in [0.15, 0.2) is 0 Å². The van der Waals surface area contributed by atoms with Gasteiger partial charge < -0.3 is 5.43 Å². The van der Waals surface area contributed by atoms with Crippen molar-refractivity contribution in [2.75, 3.05) is 5.43 Å². The minimum atomic E-state index is 0.491. The van der Waals surface area contributed by atoms with Gasteiger partial charge in [-0.1, -0.05) is 11.6 Å². The smallest absolute Gasteiger partial charge is 0.0992 e. The van der Waals surface area contributed by atoms with Crippen molar-refractivity contribution in [1.29, 1.82) is 5.26 Å². The molecule has 0 bridgehead atoms. The number of hydrazine groups is 1. The molecule has 0 unspecified atom stereocenters. The fourth-order valence-electron chi connectivity index (χ4n) is 0.738. The number of nitriles is 1. The van der Waals surface area contributed by atoms with Gasteiger partial charge in [-0.15, -0.1) is 0 Å². The summed E-state index contributed by atoms with van der Waals surface area (Å²) in [6.07, 6.45) is 0. The average molecular weight is 168 g/mol. The molecule has 1 aromatic carbocycles. The molecular formula is C7H6ClN3. The van der Waals surface area contributed by atoms with Crippen LogP contribution in [0.15, 0.2) is 18.2 Å². The van der Waals surface area contributed by atoms with E-state index in [1.165, 1.54) is 0 Å². The lowest BCUT2D eigenvalue weighted by molar-refractivity contribution is 1.34. The van der Waals surface area contributed by atoms with Crippen LogP contribution in [0, 0.1) is 11.3 Å². The normalized spacial score (nSPS) is 8.82. The van der Waals surface area contributed by atoms with E-state index < -0.39 is 0 Å². The third-order valence-corrected chi connectivity index (χ3v) is 1.41. The first kappa shape index (κ1) is 7.86. The van der Waals surface area contributed by atoms with Crippen LogP contribution in [0.1, 0.15) is 5.56 Å². The van der Waals surface area contributed by atoms with E-state index in [1.54, 1.807) is 18.2 Å². The number of benzene rings is 1. The maximum absolute atomic E-state index is 8.50.